The van der Waals surface area contributed by atoms with Gasteiger partial charge in [-0.2, -0.15) is 0 Å². The van der Waals surface area contributed by atoms with Gasteiger partial charge in [-0.1, -0.05) is 11.3 Å². The number of aliphatic hydroxyl groups is 1. The summed E-state index contributed by atoms with van der Waals surface area (Å²) in [5.41, 5.74) is 1.71. The molecule has 0 aliphatic rings. The molecule has 1 N–H and O–H groups in total. The molecule has 5 heteroatoms. The van der Waals surface area contributed by atoms with Crippen LogP contribution in [0, 0.1) is 0 Å². The highest BCUT2D eigenvalue weighted by Gasteiger charge is 2.12. The summed E-state index contributed by atoms with van der Waals surface area (Å²) in [5, 5.41) is 9.88. The second-order valence-corrected chi connectivity index (χ2v) is 4.62. The maximum absolute atomic E-state index is 9.32. The summed E-state index contributed by atoms with van der Waals surface area (Å²) >= 11 is 1.35. The van der Waals surface area contributed by atoms with Crippen LogP contribution in [-0.2, 0) is 6.61 Å². The number of rotatable bonds is 5. The summed E-state index contributed by atoms with van der Waals surface area (Å²) in [4.78, 5) is 5.14. The standard InChI is InChI=1S/C13H15NO3S/c1-3-17-10-6-4-9(5-7-10)12-11(8-15)18-13(14-12)16-2/h4-7,15H,3,8H2,1-2H3. The van der Waals surface area contributed by atoms with Crippen LogP contribution in [0.3, 0.4) is 0 Å². The number of methoxy groups -OCH3 is 1. The van der Waals surface area contributed by atoms with Crippen molar-refractivity contribution in [1.82, 2.24) is 4.98 Å². The summed E-state index contributed by atoms with van der Waals surface area (Å²) in [6.45, 7) is 2.55. The molecule has 0 amide bonds. The number of hydrogen-bond acceptors (Lipinski definition) is 5. The smallest absolute Gasteiger partial charge is 0.273 e. The molecule has 0 saturated carbocycles. The van der Waals surface area contributed by atoms with Crippen LogP contribution in [0.15, 0.2) is 24.3 Å². The molecule has 4 nitrogen and oxygen atoms in total. The molecule has 0 spiro atoms. The monoisotopic (exact) mass is 265 g/mol. The van der Waals surface area contributed by atoms with Crippen LogP contribution in [0.2, 0.25) is 0 Å². The fraction of sp³-hybridized carbons (Fsp3) is 0.308. The Bertz CT molecular complexity index is 507. The Kier molecular flexibility index (Phi) is 4.17. The zero-order chi connectivity index (χ0) is 13.0. The molecule has 18 heavy (non-hydrogen) atoms. The lowest BCUT2D eigenvalue weighted by atomic mass is 10.1. The molecular formula is C13H15NO3S. The van der Waals surface area contributed by atoms with Gasteiger partial charge >= 0.3 is 0 Å². The lowest BCUT2D eigenvalue weighted by Crippen LogP contribution is -1.91. The summed E-state index contributed by atoms with van der Waals surface area (Å²) < 4.78 is 10.5. The van der Waals surface area contributed by atoms with Crippen molar-refractivity contribution in [3.8, 4) is 22.2 Å². The molecule has 1 heterocycles. The number of thiazole rings is 1. The van der Waals surface area contributed by atoms with E-state index in [4.69, 9.17) is 9.47 Å². The molecule has 2 rings (SSSR count). The molecule has 0 saturated heterocycles. The molecule has 0 radical (unpaired) electrons. The highest BCUT2D eigenvalue weighted by Crippen LogP contribution is 2.33. The lowest BCUT2D eigenvalue weighted by Gasteiger charge is -2.04. The first-order chi connectivity index (χ1) is 8.78. The fourth-order valence-corrected chi connectivity index (χ4v) is 2.38. The third-order valence-corrected chi connectivity index (χ3v) is 3.44. The fourth-order valence-electron chi connectivity index (χ4n) is 1.63. The number of benzene rings is 1. The molecule has 96 valence electrons. The molecule has 0 aliphatic heterocycles. The maximum atomic E-state index is 9.32. The van der Waals surface area contributed by atoms with E-state index in [1.165, 1.54) is 11.3 Å². The van der Waals surface area contributed by atoms with Crippen LogP contribution in [0.25, 0.3) is 11.3 Å². The normalized spacial score (nSPS) is 10.4. The third kappa shape index (κ3) is 2.63. The van der Waals surface area contributed by atoms with E-state index in [0.29, 0.717) is 11.8 Å². The largest absolute Gasteiger partial charge is 0.494 e. The van der Waals surface area contributed by atoms with Crippen molar-refractivity contribution in [1.29, 1.82) is 0 Å². The van der Waals surface area contributed by atoms with Crippen molar-refractivity contribution >= 4 is 11.3 Å². The summed E-state index contributed by atoms with van der Waals surface area (Å²) in [7, 11) is 1.57. The van der Waals surface area contributed by atoms with Crippen LogP contribution in [0.5, 0.6) is 10.9 Å². The molecule has 0 fully saturated rings. The van der Waals surface area contributed by atoms with Crippen LogP contribution in [0.4, 0.5) is 0 Å². The van der Waals surface area contributed by atoms with Crippen molar-refractivity contribution in [3.05, 3.63) is 29.1 Å². The van der Waals surface area contributed by atoms with Crippen molar-refractivity contribution in [3.63, 3.8) is 0 Å². The minimum absolute atomic E-state index is 0.0381. The van der Waals surface area contributed by atoms with Crippen molar-refractivity contribution < 1.29 is 14.6 Å². The van der Waals surface area contributed by atoms with Gasteiger partial charge in [0.15, 0.2) is 0 Å². The first-order valence-corrected chi connectivity index (χ1v) is 6.48. The number of hydrogen-bond donors (Lipinski definition) is 1. The number of nitrogens with zero attached hydrogens (tertiary/aromatic N) is 1. The molecule has 2 aromatic rings. The van der Waals surface area contributed by atoms with Gasteiger partial charge in [0.1, 0.15) is 5.75 Å². The van der Waals surface area contributed by atoms with Gasteiger partial charge in [0.25, 0.3) is 5.19 Å². The van der Waals surface area contributed by atoms with Gasteiger partial charge in [0.2, 0.25) is 0 Å². The van der Waals surface area contributed by atoms with Gasteiger partial charge in [-0.25, -0.2) is 4.98 Å². The predicted molar refractivity (Wildman–Crippen MR) is 71.2 cm³/mol. The number of ether oxygens (including phenoxy) is 2. The van der Waals surface area contributed by atoms with Gasteiger partial charge in [0, 0.05) is 5.56 Å². The Hall–Kier alpha value is -1.59. The van der Waals surface area contributed by atoms with E-state index < -0.39 is 0 Å². The van der Waals surface area contributed by atoms with Crippen LogP contribution in [0.1, 0.15) is 11.8 Å². The Labute approximate surface area is 110 Å². The van der Waals surface area contributed by atoms with E-state index in [1.807, 2.05) is 31.2 Å². The average Bonchev–Trinajstić information content (AvgIpc) is 2.83. The summed E-state index contributed by atoms with van der Waals surface area (Å²) in [5.74, 6) is 0.828. The zero-order valence-corrected chi connectivity index (χ0v) is 11.2. The van der Waals surface area contributed by atoms with Crippen molar-refractivity contribution in [2.24, 2.45) is 0 Å². The van der Waals surface area contributed by atoms with Crippen molar-refractivity contribution in [2.75, 3.05) is 13.7 Å². The zero-order valence-electron chi connectivity index (χ0n) is 10.3. The topological polar surface area (TPSA) is 51.6 Å². The molecule has 1 aromatic carbocycles. The Morgan fingerprint density at radius 1 is 1.28 bits per heavy atom. The Morgan fingerprint density at radius 2 is 2.00 bits per heavy atom. The van der Waals surface area contributed by atoms with Crippen LogP contribution >= 0.6 is 11.3 Å². The number of aliphatic hydroxyl groups excluding tert-OH is 1. The molecule has 1 aromatic heterocycles. The van der Waals surface area contributed by atoms with Gasteiger partial charge in [0.05, 0.1) is 30.9 Å². The first-order valence-electron chi connectivity index (χ1n) is 5.66. The van der Waals surface area contributed by atoms with E-state index in [9.17, 15) is 5.11 Å². The highest BCUT2D eigenvalue weighted by molar-refractivity contribution is 7.13. The Balaban J connectivity index is 2.32. The summed E-state index contributed by atoms with van der Waals surface area (Å²) in [6, 6.07) is 7.65. The number of aromatic nitrogens is 1. The first kappa shape index (κ1) is 12.9. The molecule has 0 aliphatic carbocycles. The van der Waals surface area contributed by atoms with Crippen molar-refractivity contribution in [2.45, 2.75) is 13.5 Å². The van der Waals surface area contributed by atoms with Gasteiger partial charge in [-0.05, 0) is 31.2 Å². The SMILES string of the molecule is CCOc1ccc(-c2nc(OC)sc2CO)cc1. The van der Waals surface area contributed by atoms with E-state index in [1.54, 1.807) is 7.11 Å². The second-order valence-electron chi connectivity index (χ2n) is 3.57. The molecule has 0 bridgehead atoms. The van der Waals surface area contributed by atoms with Gasteiger partial charge in [-0.15, -0.1) is 0 Å². The predicted octanol–water partition coefficient (Wildman–Crippen LogP) is 2.71. The van der Waals surface area contributed by atoms with Gasteiger partial charge < -0.3 is 14.6 Å². The average molecular weight is 265 g/mol. The van der Waals surface area contributed by atoms with Crippen LogP contribution in [-0.4, -0.2) is 23.8 Å². The van der Waals surface area contributed by atoms with E-state index in [2.05, 4.69) is 4.98 Å². The third-order valence-electron chi connectivity index (χ3n) is 2.43. The van der Waals surface area contributed by atoms with E-state index in [-0.39, 0.29) is 6.61 Å². The minimum atomic E-state index is -0.0381. The maximum Gasteiger partial charge on any atom is 0.273 e. The Morgan fingerprint density at radius 3 is 2.56 bits per heavy atom. The molecular weight excluding hydrogens is 250 g/mol. The van der Waals surface area contributed by atoms with E-state index >= 15 is 0 Å². The van der Waals surface area contributed by atoms with Crippen LogP contribution < -0.4 is 9.47 Å². The van der Waals surface area contributed by atoms with E-state index in [0.717, 1.165) is 21.9 Å². The van der Waals surface area contributed by atoms with Gasteiger partial charge in [-0.3, -0.25) is 0 Å². The molecule has 0 atom stereocenters. The second kappa shape index (κ2) is 5.84. The minimum Gasteiger partial charge on any atom is -0.494 e. The lowest BCUT2D eigenvalue weighted by molar-refractivity contribution is 0.286. The quantitative estimate of drug-likeness (QED) is 0.903. The highest BCUT2D eigenvalue weighted by atomic mass is 32.1. The molecule has 0 unspecified atom stereocenters. The summed E-state index contributed by atoms with van der Waals surface area (Å²) in [6.07, 6.45) is 0.